The number of aromatic nitrogens is 2. The summed E-state index contributed by atoms with van der Waals surface area (Å²) in [6, 6.07) is 22.4. The fourth-order valence-electron chi connectivity index (χ4n) is 8.88. The lowest BCUT2D eigenvalue weighted by atomic mass is 9.93. The lowest BCUT2D eigenvalue weighted by Crippen LogP contribution is -2.49. The fraction of sp³-hybridized carbons (Fsp3) is 0.520. The minimum absolute atomic E-state index is 0.0724. The normalized spacial score (nSPS) is 17.2. The number of nitrogens with zero attached hydrogens (tertiary/aromatic N) is 9. The van der Waals surface area contributed by atoms with Gasteiger partial charge < -0.3 is 29.5 Å². The Kier molecular flexibility index (Phi) is 20.4. The first-order valence-corrected chi connectivity index (χ1v) is 24.1. The lowest BCUT2D eigenvalue weighted by Gasteiger charge is -2.36. The first-order chi connectivity index (χ1) is 33.4. The van der Waals surface area contributed by atoms with Crippen molar-refractivity contribution in [1.29, 1.82) is 0 Å². The van der Waals surface area contributed by atoms with Gasteiger partial charge >= 0.3 is 12.2 Å². The molecule has 0 saturated carbocycles. The molecular weight excluding hydrogens is 888 g/mol. The zero-order valence-corrected chi connectivity index (χ0v) is 40.0. The number of piperidine rings is 2. The molecule has 4 aliphatic heterocycles. The quantitative estimate of drug-likeness (QED) is 0.0781. The van der Waals surface area contributed by atoms with Gasteiger partial charge in [-0.25, -0.2) is 19.6 Å². The molecule has 2 amide bonds. The Hall–Kier alpha value is -6.31. The van der Waals surface area contributed by atoms with Crippen LogP contribution in [0, 0.1) is 51.9 Å². The standard InChI is InChI=1S/C25H33N5O4.C19H29N3O2.C6H5FN2O2/c1-20-17-24(26-18-23(20)30(32)33)28-11-8-21(9-12-28)7-10-27-13-15-29(16-14-27)25(31)34-19-22-5-3-2-4-6-22;23-19(24-16-18-4-2-1-3-5-18)22-14-12-21(13-15-22)11-8-17-6-9-20-10-7-17;1-4-2-6(7)8-3-5(4)9(10)11/h2-6,17-18,21H,7-16,19H2,1H3;1-5,17,20H,6-16H2;2-3H,1H3. The van der Waals surface area contributed by atoms with Gasteiger partial charge in [-0.05, 0) is 108 Å². The van der Waals surface area contributed by atoms with Gasteiger partial charge in [0.2, 0.25) is 5.95 Å². The van der Waals surface area contributed by atoms with E-state index in [1.165, 1.54) is 45.5 Å². The van der Waals surface area contributed by atoms with E-state index >= 15 is 0 Å². The molecule has 2 aromatic heterocycles. The molecular formula is C50H67FN10O8. The number of hydrogen-bond donors (Lipinski definition) is 1. The molecule has 2 aromatic carbocycles. The van der Waals surface area contributed by atoms with Crippen molar-refractivity contribution in [2.75, 3.05) is 96.5 Å². The Morgan fingerprint density at radius 3 is 1.51 bits per heavy atom. The maximum atomic E-state index is 12.3. The largest absolute Gasteiger partial charge is 0.445 e. The third-order valence-corrected chi connectivity index (χ3v) is 13.3. The number of anilines is 1. The van der Waals surface area contributed by atoms with Crippen molar-refractivity contribution in [2.24, 2.45) is 11.8 Å². The van der Waals surface area contributed by atoms with Crippen LogP contribution in [0.3, 0.4) is 0 Å². The van der Waals surface area contributed by atoms with Gasteiger partial charge in [-0.15, -0.1) is 0 Å². The van der Waals surface area contributed by atoms with E-state index in [2.05, 4.69) is 30.0 Å². The summed E-state index contributed by atoms with van der Waals surface area (Å²) in [5, 5.41) is 24.6. The van der Waals surface area contributed by atoms with Gasteiger partial charge in [0.25, 0.3) is 11.4 Å². The van der Waals surface area contributed by atoms with Crippen molar-refractivity contribution in [2.45, 2.75) is 65.6 Å². The summed E-state index contributed by atoms with van der Waals surface area (Å²) < 4.78 is 23.2. The van der Waals surface area contributed by atoms with Crippen LogP contribution in [0.1, 0.15) is 60.8 Å². The molecule has 4 fully saturated rings. The van der Waals surface area contributed by atoms with Crippen molar-refractivity contribution in [3.8, 4) is 0 Å². The number of carbonyl (C=O) groups excluding carboxylic acids is 2. The summed E-state index contributed by atoms with van der Waals surface area (Å²) in [7, 11) is 0. The van der Waals surface area contributed by atoms with Crippen LogP contribution in [0.5, 0.6) is 0 Å². The first-order valence-electron chi connectivity index (χ1n) is 24.1. The molecule has 69 heavy (non-hydrogen) atoms. The van der Waals surface area contributed by atoms with Gasteiger partial charge in [-0.1, -0.05) is 60.7 Å². The van der Waals surface area contributed by atoms with Gasteiger partial charge in [-0.3, -0.25) is 30.0 Å². The van der Waals surface area contributed by atoms with Crippen molar-refractivity contribution in [1.82, 2.24) is 34.9 Å². The van der Waals surface area contributed by atoms with E-state index in [-0.39, 0.29) is 34.0 Å². The molecule has 0 spiro atoms. The predicted octanol–water partition coefficient (Wildman–Crippen LogP) is 7.63. The number of piperazine rings is 2. The number of ether oxygens (including phenoxy) is 2. The maximum Gasteiger partial charge on any atom is 0.410 e. The van der Waals surface area contributed by atoms with E-state index in [9.17, 15) is 34.2 Å². The van der Waals surface area contributed by atoms with Gasteiger partial charge in [0, 0.05) is 82.6 Å². The number of nitro groups is 2. The number of halogens is 1. The summed E-state index contributed by atoms with van der Waals surface area (Å²) in [5.41, 5.74) is 2.88. The monoisotopic (exact) mass is 955 g/mol. The lowest BCUT2D eigenvalue weighted by molar-refractivity contribution is -0.385. The zero-order chi connectivity index (χ0) is 49.0. The third-order valence-electron chi connectivity index (χ3n) is 13.3. The second kappa shape index (κ2) is 27.0. The zero-order valence-electron chi connectivity index (χ0n) is 40.0. The van der Waals surface area contributed by atoms with Crippen LogP contribution in [0.2, 0.25) is 0 Å². The molecule has 18 nitrogen and oxygen atoms in total. The van der Waals surface area contributed by atoms with Crippen LogP contribution in [0.15, 0.2) is 85.2 Å². The molecule has 1 N–H and O–H groups in total. The Balaban J connectivity index is 0.000000193. The van der Waals surface area contributed by atoms with Crippen LogP contribution in [-0.2, 0) is 22.7 Å². The van der Waals surface area contributed by atoms with Crippen LogP contribution in [-0.4, -0.2) is 143 Å². The first kappa shape index (κ1) is 52.1. The molecule has 0 radical (unpaired) electrons. The van der Waals surface area contributed by atoms with Gasteiger partial charge in [0.1, 0.15) is 31.4 Å². The molecule has 19 heteroatoms. The number of nitrogens with one attached hydrogen (secondary N) is 1. The average Bonchev–Trinajstić information content (AvgIpc) is 3.37. The number of amides is 2. The van der Waals surface area contributed by atoms with Gasteiger partial charge in [0.15, 0.2) is 0 Å². The molecule has 0 bridgehead atoms. The molecule has 4 aromatic rings. The van der Waals surface area contributed by atoms with E-state index in [1.54, 1.807) is 11.8 Å². The molecule has 8 rings (SSSR count). The van der Waals surface area contributed by atoms with Crippen molar-refractivity contribution in [3.63, 3.8) is 0 Å². The number of benzene rings is 2. The SMILES string of the molecule is Cc1cc(F)ncc1[N+](=O)[O-].Cc1cc(N2CCC(CCN3CCN(C(=O)OCc4ccccc4)CC3)CC2)ncc1[N+](=O)[O-].O=C(OCc1ccccc1)N1CCN(CCC2CCNCC2)CC1. The maximum absolute atomic E-state index is 12.3. The highest BCUT2D eigenvalue weighted by Crippen LogP contribution is 2.27. The van der Waals surface area contributed by atoms with Gasteiger partial charge in [0.05, 0.1) is 9.85 Å². The van der Waals surface area contributed by atoms with Crippen molar-refractivity contribution >= 4 is 29.4 Å². The Morgan fingerprint density at radius 1 is 0.638 bits per heavy atom. The molecule has 0 aliphatic carbocycles. The van der Waals surface area contributed by atoms with Gasteiger partial charge in [-0.2, -0.15) is 4.39 Å². The molecule has 4 aliphatic rings. The molecule has 0 unspecified atom stereocenters. The second-order valence-corrected chi connectivity index (χ2v) is 18.1. The smallest absolute Gasteiger partial charge is 0.410 e. The Bertz CT molecular complexity index is 2230. The van der Waals surface area contributed by atoms with E-state index < -0.39 is 10.9 Å². The summed E-state index contributed by atoms with van der Waals surface area (Å²) in [4.78, 5) is 63.0. The minimum Gasteiger partial charge on any atom is -0.445 e. The van der Waals surface area contributed by atoms with Crippen LogP contribution >= 0.6 is 0 Å². The highest BCUT2D eigenvalue weighted by molar-refractivity contribution is 5.68. The van der Waals surface area contributed by atoms with E-state index in [1.807, 2.05) is 71.6 Å². The van der Waals surface area contributed by atoms with E-state index in [0.717, 1.165) is 120 Å². The summed E-state index contributed by atoms with van der Waals surface area (Å²) in [5.74, 6) is 1.68. The highest BCUT2D eigenvalue weighted by Gasteiger charge is 2.26. The number of hydrogen-bond acceptors (Lipinski definition) is 14. The summed E-state index contributed by atoms with van der Waals surface area (Å²) in [6.07, 6.45) is 9.13. The third kappa shape index (κ3) is 17.0. The number of carbonyl (C=O) groups is 2. The summed E-state index contributed by atoms with van der Waals surface area (Å²) in [6.45, 7) is 17.0. The number of pyridine rings is 2. The predicted molar refractivity (Wildman–Crippen MR) is 260 cm³/mol. The summed E-state index contributed by atoms with van der Waals surface area (Å²) >= 11 is 0. The Morgan fingerprint density at radius 2 is 1.07 bits per heavy atom. The molecule has 4 saturated heterocycles. The topological polar surface area (TPSA) is 193 Å². The van der Waals surface area contributed by atoms with Crippen LogP contribution in [0.25, 0.3) is 0 Å². The average molecular weight is 955 g/mol. The van der Waals surface area contributed by atoms with E-state index in [4.69, 9.17) is 9.47 Å². The molecule has 0 atom stereocenters. The van der Waals surface area contributed by atoms with Crippen molar-refractivity contribution < 1.29 is 33.3 Å². The van der Waals surface area contributed by atoms with E-state index in [0.29, 0.717) is 37.8 Å². The van der Waals surface area contributed by atoms with Crippen molar-refractivity contribution in [3.05, 3.63) is 134 Å². The van der Waals surface area contributed by atoms with Crippen LogP contribution in [0.4, 0.5) is 31.2 Å². The number of rotatable bonds is 13. The molecule has 372 valence electrons. The highest BCUT2D eigenvalue weighted by atomic mass is 19.1. The molecule has 6 heterocycles. The Labute approximate surface area is 404 Å². The number of aryl methyl sites for hydroxylation is 2. The van der Waals surface area contributed by atoms with Crippen LogP contribution < -0.4 is 10.2 Å². The minimum atomic E-state index is -0.701. The second-order valence-electron chi connectivity index (χ2n) is 18.1. The fourth-order valence-corrected chi connectivity index (χ4v) is 8.88.